The Kier molecular flexibility index (Phi) is 3.57. The van der Waals surface area contributed by atoms with Crippen LogP contribution in [0.3, 0.4) is 0 Å². The summed E-state index contributed by atoms with van der Waals surface area (Å²) in [6.45, 7) is 0.534. The first-order valence-electron chi connectivity index (χ1n) is 7.50. The highest BCUT2D eigenvalue weighted by Gasteiger charge is 2.18. The number of hydrogen-bond acceptors (Lipinski definition) is 0. The summed E-state index contributed by atoms with van der Waals surface area (Å²) in [5.74, 6) is -0.675. The van der Waals surface area contributed by atoms with Crippen molar-refractivity contribution in [2.24, 2.45) is 0 Å². The summed E-state index contributed by atoms with van der Waals surface area (Å²) in [6, 6.07) is 14.3. The summed E-state index contributed by atoms with van der Waals surface area (Å²) in [5, 5.41) is 2.31. The average Bonchev–Trinajstić information content (AvgIpc) is 2.85. The summed E-state index contributed by atoms with van der Waals surface area (Å²) in [4.78, 5) is 0. The number of allylic oxidation sites excluding steroid dienone is 4. The predicted molar refractivity (Wildman–Crippen MR) is 93.9 cm³/mol. The predicted octanol–water partition coefficient (Wildman–Crippen LogP) is 6.08. The van der Waals surface area contributed by atoms with Crippen molar-refractivity contribution in [2.75, 3.05) is 0 Å². The summed E-state index contributed by atoms with van der Waals surface area (Å²) in [5.41, 5.74) is 2.99. The molecule has 0 saturated heterocycles. The Hall–Kier alpha value is -1.94. The molecule has 0 bridgehead atoms. The summed E-state index contributed by atoms with van der Waals surface area (Å²) >= 11 is 3.52. The van der Waals surface area contributed by atoms with Gasteiger partial charge in [-0.3, -0.25) is 0 Å². The molecule has 1 nitrogen and oxygen atoms in total. The highest BCUT2D eigenvalue weighted by Crippen LogP contribution is 2.32. The molecule has 3 aromatic rings. The fourth-order valence-electron chi connectivity index (χ4n) is 3.18. The van der Waals surface area contributed by atoms with Gasteiger partial charge >= 0.3 is 0 Å². The van der Waals surface area contributed by atoms with Gasteiger partial charge in [-0.15, -0.1) is 0 Å². The zero-order valence-corrected chi connectivity index (χ0v) is 13.9. The number of aromatic nitrogens is 1. The van der Waals surface area contributed by atoms with Crippen molar-refractivity contribution in [3.63, 3.8) is 0 Å². The van der Waals surface area contributed by atoms with Crippen LogP contribution in [0, 0.1) is 0 Å². The summed E-state index contributed by atoms with van der Waals surface area (Å²) < 4.78 is 30.0. The molecule has 0 fully saturated rings. The van der Waals surface area contributed by atoms with E-state index < -0.39 is 12.0 Å². The molecular weight excluding hydrogens is 360 g/mol. The zero-order chi connectivity index (χ0) is 16.0. The molecule has 0 radical (unpaired) electrons. The van der Waals surface area contributed by atoms with Gasteiger partial charge in [0.2, 0.25) is 0 Å². The molecule has 0 amide bonds. The first-order chi connectivity index (χ1) is 11.1. The topological polar surface area (TPSA) is 4.93 Å². The van der Waals surface area contributed by atoms with Gasteiger partial charge in [-0.05, 0) is 35.9 Å². The van der Waals surface area contributed by atoms with Crippen molar-refractivity contribution in [2.45, 2.75) is 19.1 Å². The lowest BCUT2D eigenvalue weighted by Crippen LogP contribution is -2.08. The Morgan fingerprint density at radius 1 is 1.09 bits per heavy atom. The van der Waals surface area contributed by atoms with Crippen LogP contribution in [0.2, 0.25) is 0 Å². The van der Waals surface area contributed by atoms with Crippen molar-refractivity contribution in [1.82, 2.24) is 4.57 Å². The summed E-state index contributed by atoms with van der Waals surface area (Å²) in [6.07, 6.45) is 1.73. The van der Waals surface area contributed by atoms with Crippen molar-refractivity contribution in [3.8, 4) is 0 Å². The van der Waals surface area contributed by atoms with Gasteiger partial charge in [-0.1, -0.05) is 40.2 Å². The smallest absolute Gasteiger partial charge is 0.155 e. The maximum atomic E-state index is 13.6. The quantitative estimate of drug-likeness (QED) is 0.512. The molecule has 0 N–H and O–H groups in total. The fourth-order valence-corrected chi connectivity index (χ4v) is 3.54. The molecule has 4 rings (SSSR count). The molecule has 1 unspecified atom stereocenters. The van der Waals surface area contributed by atoms with E-state index in [9.17, 15) is 8.78 Å². The van der Waals surface area contributed by atoms with E-state index in [1.807, 2.05) is 18.2 Å². The molecule has 4 heteroatoms. The molecule has 1 atom stereocenters. The Morgan fingerprint density at radius 2 is 1.87 bits per heavy atom. The van der Waals surface area contributed by atoms with Crippen LogP contribution in [0.25, 0.3) is 21.8 Å². The van der Waals surface area contributed by atoms with Crippen molar-refractivity contribution < 1.29 is 8.78 Å². The maximum absolute atomic E-state index is 13.6. The lowest BCUT2D eigenvalue weighted by Gasteiger charge is -2.14. The van der Waals surface area contributed by atoms with Gasteiger partial charge in [0.05, 0.1) is 0 Å². The van der Waals surface area contributed by atoms with Gasteiger partial charge in [0.1, 0.15) is 5.83 Å². The first kappa shape index (κ1) is 14.6. The molecule has 1 aromatic heterocycles. The molecule has 0 spiro atoms. The fraction of sp³-hybridized carbons (Fsp3) is 0.158. The van der Waals surface area contributed by atoms with Crippen LogP contribution in [0.5, 0.6) is 0 Å². The largest absolute Gasteiger partial charge is 0.336 e. The minimum absolute atomic E-state index is 0.111. The number of halogens is 3. The Labute approximate surface area is 141 Å². The van der Waals surface area contributed by atoms with Gasteiger partial charge in [-0.25, -0.2) is 8.78 Å². The second kappa shape index (κ2) is 5.60. The number of para-hydroxylation sites is 1. The molecule has 116 valence electrons. The molecule has 1 aliphatic carbocycles. The lowest BCUT2D eigenvalue weighted by atomic mass is 10.0. The third kappa shape index (κ3) is 2.51. The number of rotatable bonds is 2. The molecule has 2 aromatic carbocycles. The second-order valence-corrected chi connectivity index (χ2v) is 6.69. The first-order valence-corrected chi connectivity index (χ1v) is 8.29. The van der Waals surface area contributed by atoms with E-state index in [1.54, 1.807) is 6.08 Å². The molecular formula is C19H14BrF2N. The average molecular weight is 374 g/mol. The zero-order valence-electron chi connectivity index (χ0n) is 12.3. The molecule has 0 aliphatic heterocycles. The number of fused-ring (bicyclic) bond motifs is 3. The SMILES string of the molecule is FC1=CC(Cn2c3ccccc3c3cc(Br)ccc32)=CCC1F. The van der Waals surface area contributed by atoms with Crippen LogP contribution in [0.4, 0.5) is 8.78 Å². The standard InChI is InChI=1S/C19H14BrF2N/c20-13-6-8-19-15(10-13)14-3-1-2-4-18(14)23(19)11-12-5-7-16(21)17(22)9-12/h1-6,8-10,16H,7,11H2. The Bertz CT molecular complexity index is 968. The lowest BCUT2D eigenvalue weighted by molar-refractivity contribution is 0.324. The van der Waals surface area contributed by atoms with E-state index in [0.29, 0.717) is 6.54 Å². The van der Waals surface area contributed by atoms with Crippen molar-refractivity contribution >= 4 is 37.7 Å². The van der Waals surface area contributed by atoms with Gasteiger partial charge < -0.3 is 4.57 Å². The van der Waals surface area contributed by atoms with Crippen LogP contribution in [-0.2, 0) is 6.54 Å². The van der Waals surface area contributed by atoms with E-state index in [-0.39, 0.29) is 6.42 Å². The van der Waals surface area contributed by atoms with Gasteiger partial charge in [0.25, 0.3) is 0 Å². The number of alkyl halides is 1. The molecule has 23 heavy (non-hydrogen) atoms. The number of nitrogens with zero attached hydrogens (tertiary/aromatic N) is 1. The van der Waals surface area contributed by atoms with Crippen LogP contribution in [-0.4, -0.2) is 10.7 Å². The monoisotopic (exact) mass is 373 g/mol. The van der Waals surface area contributed by atoms with E-state index in [2.05, 4.69) is 44.8 Å². The Morgan fingerprint density at radius 3 is 2.70 bits per heavy atom. The number of hydrogen-bond donors (Lipinski definition) is 0. The van der Waals surface area contributed by atoms with E-state index in [4.69, 9.17) is 0 Å². The van der Waals surface area contributed by atoms with Crippen LogP contribution in [0.1, 0.15) is 6.42 Å². The van der Waals surface area contributed by atoms with E-state index in [0.717, 1.165) is 31.9 Å². The normalized spacial score (nSPS) is 18.3. The number of benzene rings is 2. The van der Waals surface area contributed by atoms with Crippen LogP contribution >= 0.6 is 15.9 Å². The van der Waals surface area contributed by atoms with Gasteiger partial charge in [0.15, 0.2) is 6.17 Å². The minimum Gasteiger partial charge on any atom is -0.336 e. The van der Waals surface area contributed by atoms with E-state index >= 15 is 0 Å². The molecule has 0 saturated carbocycles. The van der Waals surface area contributed by atoms with Crippen molar-refractivity contribution in [3.05, 3.63) is 70.5 Å². The van der Waals surface area contributed by atoms with Crippen molar-refractivity contribution in [1.29, 1.82) is 0 Å². The highest BCUT2D eigenvalue weighted by molar-refractivity contribution is 9.10. The van der Waals surface area contributed by atoms with E-state index in [1.165, 1.54) is 6.08 Å². The van der Waals surface area contributed by atoms with Crippen LogP contribution < -0.4 is 0 Å². The highest BCUT2D eigenvalue weighted by atomic mass is 79.9. The molecule has 1 aliphatic rings. The third-order valence-corrected chi connectivity index (χ3v) is 4.78. The molecule has 1 heterocycles. The second-order valence-electron chi connectivity index (χ2n) is 5.78. The third-order valence-electron chi connectivity index (χ3n) is 4.28. The van der Waals surface area contributed by atoms with Crippen LogP contribution in [0.15, 0.2) is 70.5 Å². The Balaban J connectivity index is 1.89. The minimum atomic E-state index is -1.49. The summed E-state index contributed by atoms with van der Waals surface area (Å²) in [7, 11) is 0. The van der Waals surface area contributed by atoms with Gasteiger partial charge in [-0.2, -0.15) is 0 Å². The van der Waals surface area contributed by atoms with Gasteiger partial charge in [0, 0.05) is 39.2 Å². The maximum Gasteiger partial charge on any atom is 0.155 e.